The van der Waals surface area contributed by atoms with E-state index in [0.29, 0.717) is 5.69 Å². The number of nitrogens with one attached hydrogen (secondary N) is 1. The number of hydrogen-bond acceptors (Lipinski definition) is 1. The first kappa shape index (κ1) is 11.9. The third-order valence-corrected chi connectivity index (χ3v) is 2.48. The number of carbonyl (C=O) groups is 1. The summed E-state index contributed by atoms with van der Waals surface area (Å²) >= 11 is 0. The van der Waals surface area contributed by atoms with E-state index in [9.17, 15) is 4.79 Å². The van der Waals surface area contributed by atoms with Gasteiger partial charge in [0.05, 0.1) is 0 Å². The summed E-state index contributed by atoms with van der Waals surface area (Å²) in [6.07, 6.45) is 0. The summed E-state index contributed by atoms with van der Waals surface area (Å²) in [6, 6.07) is 17.5. The molecule has 0 atom stereocenters. The molecule has 0 saturated heterocycles. The number of carbonyl (C=O) groups excluding carboxylic acids is 1. The van der Waals surface area contributed by atoms with Crippen molar-refractivity contribution in [3.8, 4) is 11.1 Å². The van der Waals surface area contributed by atoms with Gasteiger partial charge in [-0.25, -0.2) is 6.57 Å². The molecule has 0 saturated carbocycles. The van der Waals surface area contributed by atoms with Gasteiger partial charge in [0.15, 0.2) is 0 Å². The van der Waals surface area contributed by atoms with Crippen LogP contribution < -0.4 is 5.32 Å². The molecule has 0 aliphatic rings. The second-order valence-corrected chi connectivity index (χ2v) is 3.81. The largest absolute Gasteiger partial charge is 0.320 e. The van der Waals surface area contributed by atoms with E-state index in [1.54, 1.807) is 0 Å². The van der Waals surface area contributed by atoms with Gasteiger partial charge in [-0.05, 0) is 23.3 Å². The Kier molecular flexibility index (Phi) is 3.72. The molecule has 88 valence electrons. The smallest absolute Gasteiger partial charge is 0.304 e. The molecule has 0 bridgehead atoms. The van der Waals surface area contributed by atoms with Crippen molar-refractivity contribution in [1.82, 2.24) is 0 Å². The van der Waals surface area contributed by atoms with Gasteiger partial charge < -0.3 is 10.2 Å². The van der Waals surface area contributed by atoms with Gasteiger partial charge in [0.25, 0.3) is 6.54 Å². The Balaban J connectivity index is 2.21. The molecule has 0 fully saturated rings. The molecule has 0 spiro atoms. The molecule has 0 radical (unpaired) electrons. The zero-order valence-electron chi connectivity index (χ0n) is 9.76. The van der Waals surface area contributed by atoms with Gasteiger partial charge in [0.1, 0.15) is 0 Å². The predicted molar refractivity (Wildman–Crippen MR) is 72.0 cm³/mol. The number of amides is 1. The highest BCUT2D eigenvalue weighted by molar-refractivity contribution is 5.93. The van der Waals surface area contributed by atoms with Gasteiger partial charge in [0, 0.05) is 5.69 Å². The van der Waals surface area contributed by atoms with E-state index in [1.165, 1.54) is 0 Å². The van der Waals surface area contributed by atoms with E-state index in [-0.39, 0.29) is 12.5 Å². The van der Waals surface area contributed by atoms with Crippen molar-refractivity contribution in [2.75, 3.05) is 11.9 Å². The van der Waals surface area contributed by atoms with Crippen molar-refractivity contribution in [3.63, 3.8) is 0 Å². The Labute approximate surface area is 106 Å². The molecule has 2 rings (SSSR count). The normalized spacial score (nSPS) is 9.50. The molecule has 2 aromatic carbocycles. The van der Waals surface area contributed by atoms with Gasteiger partial charge in [-0.15, -0.1) is 0 Å². The number of benzene rings is 2. The lowest BCUT2D eigenvalue weighted by Gasteiger charge is -2.05. The van der Waals surface area contributed by atoms with Crippen molar-refractivity contribution >= 4 is 11.6 Å². The number of rotatable bonds is 3. The van der Waals surface area contributed by atoms with Crippen molar-refractivity contribution < 1.29 is 4.79 Å². The monoisotopic (exact) mass is 236 g/mol. The van der Waals surface area contributed by atoms with E-state index in [2.05, 4.69) is 10.2 Å². The molecule has 3 nitrogen and oxygen atoms in total. The van der Waals surface area contributed by atoms with Crippen LogP contribution in [-0.2, 0) is 4.79 Å². The van der Waals surface area contributed by atoms with Crippen molar-refractivity contribution in [2.45, 2.75) is 0 Å². The summed E-state index contributed by atoms with van der Waals surface area (Å²) in [7, 11) is 0. The van der Waals surface area contributed by atoms with Crippen LogP contribution in [0.5, 0.6) is 0 Å². The fourth-order valence-electron chi connectivity index (χ4n) is 1.68. The minimum absolute atomic E-state index is 0.143. The molecule has 0 aromatic heterocycles. The molecule has 0 heterocycles. The Bertz CT molecular complexity index is 585. The summed E-state index contributed by atoms with van der Waals surface area (Å²) < 4.78 is 0. The third-order valence-electron chi connectivity index (χ3n) is 2.48. The molecular weight excluding hydrogens is 224 g/mol. The summed E-state index contributed by atoms with van der Waals surface area (Å²) in [4.78, 5) is 14.4. The Morgan fingerprint density at radius 3 is 2.50 bits per heavy atom. The fourth-order valence-corrected chi connectivity index (χ4v) is 1.68. The highest BCUT2D eigenvalue weighted by Gasteiger charge is 2.05. The third kappa shape index (κ3) is 2.96. The second-order valence-electron chi connectivity index (χ2n) is 3.81. The topological polar surface area (TPSA) is 33.5 Å². The highest BCUT2D eigenvalue weighted by Crippen LogP contribution is 2.22. The average Bonchev–Trinajstić information content (AvgIpc) is 2.40. The van der Waals surface area contributed by atoms with Crippen molar-refractivity contribution in [2.24, 2.45) is 0 Å². The summed E-state index contributed by atoms with van der Waals surface area (Å²) in [5, 5.41) is 2.70. The van der Waals surface area contributed by atoms with E-state index in [0.717, 1.165) is 11.1 Å². The minimum atomic E-state index is -0.282. The van der Waals surface area contributed by atoms with Crippen LogP contribution in [0.15, 0.2) is 54.6 Å². The maximum absolute atomic E-state index is 11.3. The Morgan fingerprint density at radius 2 is 1.78 bits per heavy atom. The minimum Gasteiger partial charge on any atom is -0.320 e. The number of hydrogen-bond donors (Lipinski definition) is 1. The van der Waals surface area contributed by atoms with Crippen LogP contribution in [0.2, 0.25) is 0 Å². The summed E-state index contributed by atoms with van der Waals surface area (Å²) in [5.74, 6) is -0.282. The van der Waals surface area contributed by atoms with E-state index < -0.39 is 0 Å². The first-order valence-corrected chi connectivity index (χ1v) is 5.58. The summed E-state index contributed by atoms with van der Waals surface area (Å²) in [5.41, 5.74) is 2.85. The standard InChI is InChI=1S/C15H12N2O/c1-16-11-15(18)17-14-9-5-8-13(10-14)12-6-3-2-4-7-12/h2-10H,11H2,(H,17,18). The van der Waals surface area contributed by atoms with Crippen LogP contribution in [0.25, 0.3) is 16.0 Å². The van der Waals surface area contributed by atoms with Gasteiger partial charge in [-0.2, -0.15) is 0 Å². The van der Waals surface area contributed by atoms with Crippen molar-refractivity contribution in [1.29, 1.82) is 0 Å². The van der Waals surface area contributed by atoms with Gasteiger partial charge >= 0.3 is 5.91 Å². The van der Waals surface area contributed by atoms with Gasteiger partial charge in [0.2, 0.25) is 0 Å². The van der Waals surface area contributed by atoms with E-state index >= 15 is 0 Å². The van der Waals surface area contributed by atoms with Crippen molar-refractivity contribution in [3.05, 3.63) is 66.0 Å². The van der Waals surface area contributed by atoms with Crippen LogP contribution in [-0.4, -0.2) is 12.5 Å². The maximum atomic E-state index is 11.3. The molecule has 3 heteroatoms. The zero-order chi connectivity index (χ0) is 12.8. The second kappa shape index (κ2) is 5.65. The molecule has 2 aromatic rings. The maximum Gasteiger partial charge on any atom is 0.304 e. The van der Waals surface area contributed by atoms with Gasteiger partial charge in [-0.3, -0.25) is 4.79 Å². The molecule has 1 N–H and O–H groups in total. The van der Waals surface area contributed by atoms with Gasteiger partial charge in [-0.1, -0.05) is 42.5 Å². The quantitative estimate of drug-likeness (QED) is 0.816. The van der Waals surface area contributed by atoms with Crippen LogP contribution in [0.4, 0.5) is 5.69 Å². The SMILES string of the molecule is [C-]#[N+]CC(=O)Nc1cccc(-c2ccccc2)c1. The lowest BCUT2D eigenvalue weighted by molar-refractivity contribution is -0.114. The molecule has 0 unspecified atom stereocenters. The molecule has 1 amide bonds. The van der Waals surface area contributed by atoms with Crippen LogP contribution >= 0.6 is 0 Å². The zero-order valence-corrected chi connectivity index (χ0v) is 9.76. The first-order chi connectivity index (χ1) is 8.79. The number of nitrogens with zero attached hydrogens (tertiary/aromatic N) is 1. The van der Waals surface area contributed by atoms with E-state index in [4.69, 9.17) is 6.57 Å². The predicted octanol–water partition coefficient (Wildman–Crippen LogP) is 3.21. The highest BCUT2D eigenvalue weighted by atomic mass is 16.1. The molecule has 18 heavy (non-hydrogen) atoms. The summed E-state index contributed by atoms with van der Waals surface area (Å²) in [6.45, 7) is 6.50. The Morgan fingerprint density at radius 1 is 1.06 bits per heavy atom. The van der Waals surface area contributed by atoms with Crippen LogP contribution in [0.1, 0.15) is 0 Å². The fraction of sp³-hybridized carbons (Fsp3) is 0.0667. The molecule has 0 aliphatic heterocycles. The Hall–Kier alpha value is -2.60. The number of anilines is 1. The van der Waals surface area contributed by atoms with Crippen LogP contribution in [0, 0.1) is 6.57 Å². The molecule has 0 aliphatic carbocycles. The first-order valence-electron chi connectivity index (χ1n) is 5.58. The van der Waals surface area contributed by atoms with E-state index in [1.807, 2.05) is 54.6 Å². The molecular formula is C15H12N2O. The lowest BCUT2D eigenvalue weighted by atomic mass is 10.1. The lowest BCUT2D eigenvalue weighted by Crippen LogP contribution is -2.13. The van der Waals surface area contributed by atoms with Crippen LogP contribution in [0.3, 0.4) is 0 Å². The average molecular weight is 236 g/mol.